The van der Waals surface area contributed by atoms with Crippen LogP contribution in [0.1, 0.15) is 12.5 Å². The first-order chi connectivity index (χ1) is 11.2. The summed E-state index contributed by atoms with van der Waals surface area (Å²) in [5.41, 5.74) is 4.52. The summed E-state index contributed by atoms with van der Waals surface area (Å²) in [6.07, 6.45) is 2.14. The molecule has 0 bridgehead atoms. The van der Waals surface area contributed by atoms with Gasteiger partial charge >= 0.3 is 6.15 Å². The number of aromatic nitrogens is 1. The number of hydrogen-bond donors (Lipinski definition) is 2. The molecule has 7 heteroatoms. The third kappa shape index (κ3) is 6.48. The van der Waals surface area contributed by atoms with Crippen LogP contribution in [0.5, 0.6) is 0 Å². The van der Waals surface area contributed by atoms with Gasteiger partial charge in [0.2, 0.25) is 0 Å². The summed E-state index contributed by atoms with van der Waals surface area (Å²) < 4.78 is 5.22. The highest BCUT2D eigenvalue weighted by Crippen LogP contribution is 2.18. The number of methoxy groups -OCH3 is 1. The van der Waals surface area contributed by atoms with Crippen molar-refractivity contribution in [3.8, 4) is 0 Å². The Morgan fingerprint density at radius 1 is 1.39 bits per heavy atom. The Kier molecular flexibility index (Phi) is 9.12. The maximum Gasteiger partial charge on any atom is 0.373 e. The van der Waals surface area contributed by atoms with Gasteiger partial charge in [-0.3, -0.25) is 4.98 Å². The van der Waals surface area contributed by atoms with Crippen molar-refractivity contribution in [2.45, 2.75) is 24.8 Å². The number of nitrogens with one attached hydrogen (secondary N) is 1. The molecule has 2 N–H and O–H groups in total. The Labute approximate surface area is 139 Å². The summed E-state index contributed by atoms with van der Waals surface area (Å²) in [5.74, 6) is 1.64. The molecule has 1 aromatic carbocycles. The largest absolute Gasteiger partial charge is 0.380 e. The monoisotopic (exact) mass is 336 g/mol. The maximum atomic E-state index is 9.11. The molecule has 124 valence electrons. The quantitative estimate of drug-likeness (QED) is 0.750. The number of fused-ring (bicyclic) bond motifs is 1. The third-order valence-electron chi connectivity index (χ3n) is 3.32. The number of ether oxygens (including phenoxy) is 1. The Balaban J connectivity index is 0.000000816. The number of nitrogens with zero attached hydrogens (tertiary/aromatic N) is 1. The van der Waals surface area contributed by atoms with Crippen LogP contribution in [0.25, 0.3) is 10.9 Å². The summed E-state index contributed by atoms with van der Waals surface area (Å²) >= 11 is 1.75. The first kappa shape index (κ1) is 19.3. The number of carbonyl (C=O) groups excluding carboxylic acids is 2. The van der Waals surface area contributed by atoms with Crippen LogP contribution in [-0.4, -0.2) is 41.4 Å². The summed E-state index contributed by atoms with van der Waals surface area (Å²) in [4.78, 5) is 20.7. The standard InChI is InChI=1S/C15H20N2O2S.CO2/c1-11(19-2)15(17-18)10-20-9-12-7-13-5-3-4-6-14(13)16-8-12;2-1-3/h3-8,11,15,17-18H,9-10H2,1-2H3;. The smallest absolute Gasteiger partial charge is 0.373 e. The van der Waals surface area contributed by atoms with E-state index < -0.39 is 0 Å². The molecule has 2 unspecified atom stereocenters. The molecular formula is C16H20N2O4S. The minimum atomic E-state index is -0.0709. The van der Waals surface area contributed by atoms with Crippen LogP contribution in [-0.2, 0) is 20.1 Å². The van der Waals surface area contributed by atoms with E-state index in [0.29, 0.717) is 0 Å². The average Bonchev–Trinajstić information content (AvgIpc) is 2.58. The van der Waals surface area contributed by atoms with E-state index in [9.17, 15) is 0 Å². The van der Waals surface area contributed by atoms with Crippen molar-refractivity contribution in [1.29, 1.82) is 0 Å². The average molecular weight is 336 g/mol. The van der Waals surface area contributed by atoms with E-state index in [2.05, 4.69) is 22.6 Å². The van der Waals surface area contributed by atoms with Gasteiger partial charge in [0.15, 0.2) is 0 Å². The number of para-hydroxylation sites is 1. The van der Waals surface area contributed by atoms with Gasteiger partial charge in [-0.25, -0.2) is 0 Å². The number of hydrogen-bond acceptors (Lipinski definition) is 7. The molecule has 0 aliphatic carbocycles. The summed E-state index contributed by atoms with van der Waals surface area (Å²) in [7, 11) is 1.65. The molecule has 0 aliphatic heterocycles. The zero-order valence-electron chi connectivity index (χ0n) is 13.1. The lowest BCUT2D eigenvalue weighted by Gasteiger charge is -2.20. The van der Waals surface area contributed by atoms with E-state index in [0.717, 1.165) is 22.4 Å². The number of rotatable bonds is 7. The third-order valence-corrected chi connectivity index (χ3v) is 4.45. The maximum absolute atomic E-state index is 9.11. The van der Waals surface area contributed by atoms with E-state index in [-0.39, 0.29) is 18.3 Å². The fourth-order valence-corrected chi connectivity index (χ4v) is 3.05. The van der Waals surface area contributed by atoms with Crippen LogP contribution in [0.4, 0.5) is 0 Å². The minimum Gasteiger partial charge on any atom is -0.380 e. The summed E-state index contributed by atoms with van der Waals surface area (Å²) in [5, 5.41) is 10.3. The van der Waals surface area contributed by atoms with Crippen LogP contribution in [0.15, 0.2) is 36.5 Å². The van der Waals surface area contributed by atoms with Crippen LogP contribution < -0.4 is 5.48 Å². The van der Waals surface area contributed by atoms with Crippen LogP contribution >= 0.6 is 11.8 Å². The van der Waals surface area contributed by atoms with Crippen molar-refractivity contribution >= 4 is 28.8 Å². The SMILES string of the molecule is COC(C)C(CSCc1cnc2ccccc2c1)NO.O=C=O. The van der Waals surface area contributed by atoms with Gasteiger partial charge in [0.25, 0.3) is 0 Å². The van der Waals surface area contributed by atoms with Gasteiger partial charge in [-0.05, 0) is 24.6 Å². The lowest BCUT2D eigenvalue weighted by atomic mass is 10.2. The fraction of sp³-hybridized carbons (Fsp3) is 0.375. The molecule has 2 atom stereocenters. The van der Waals surface area contributed by atoms with Crippen LogP contribution in [0, 0.1) is 0 Å². The second-order valence-electron chi connectivity index (χ2n) is 4.81. The molecule has 1 heterocycles. The molecule has 0 spiro atoms. The topological polar surface area (TPSA) is 88.5 Å². The molecule has 23 heavy (non-hydrogen) atoms. The van der Waals surface area contributed by atoms with E-state index >= 15 is 0 Å². The molecule has 2 aromatic rings. The van der Waals surface area contributed by atoms with Crippen molar-refractivity contribution < 1.29 is 19.5 Å². The highest BCUT2D eigenvalue weighted by molar-refractivity contribution is 7.98. The van der Waals surface area contributed by atoms with Gasteiger partial charge < -0.3 is 9.94 Å². The Morgan fingerprint density at radius 3 is 2.74 bits per heavy atom. The van der Waals surface area contributed by atoms with Crippen molar-refractivity contribution in [1.82, 2.24) is 10.5 Å². The minimum absolute atomic E-state index is 0.0257. The van der Waals surface area contributed by atoms with Gasteiger partial charge in [0.1, 0.15) is 0 Å². The molecule has 0 amide bonds. The number of hydroxylamine groups is 1. The van der Waals surface area contributed by atoms with E-state index in [1.165, 1.54) is 5.56 Å². The highest BCUT2D eigenvalue weighted by atomic mass is 32.2. The second kappa shape index (κ2) is 10.9. The Morgan fingerprint density at radius 2 is 2.09 bits per heavy atom. The normalized spacial score (nSPS) is 12.8. The summed E-state index contributed by atoms with van der Waals surface area (Å²) in [6, 6.07) is 10.2. The predicted octanol–water partition coefficient (Wildman–Crippen LogP) is 2.27. The van der Waals surface area contributed by atoms with Crippen molar-refractivity contribution in [3.05, 3.63) is 42.1 Å². The Bertz CT molecular complexity index is 632. The lowest BCUT2D eigenvalue weighted by Crippen LogP contribution is -2.39. The molecule has 0 saturated heterocycles. The highest BCUT2D eigenvalue weighted by Gasteiger charge is 2.15. The van der Waals surface area contributed by atoms with Gasteiger partial charge in [0.05, 0.1) is 17.7 Å². The number of benzene rings is 1. The zero-order chi connectivity index (χ0) is 17.1. The van der Waals surface area contributed by atoms with Crippen molar-refractivity contribution in [3.63, 3.8) is 0 Å². The van der Waals surface area contributed by atoms with Gasteiger partial charge in [-0.2, -0.15) is 26.8 Å². The van der Waals surface area contributed by atoms with Crippen molar-refractivity contribution in [2.24, 2.45) is 0 Å². The number of thioether (sulfide) groups is 1. The molecule has 2 rings (SSSR count). The van der Waals surface area contributed by atoms with Crippen LogP contribution in [0.2, 0.25) is 0 Å². The zero-order valence-corrected chi connectivity index (χ0v) is 13.9. The van der Waals surface area contributed by atoms with E-state index in [1.54, 1.807) is 18.9 Å². The molecule has 0 fully saturated rings. The first-order valence-corrected chi connectivity index (χ1v) is 8.14. The Hall–Kier alpha value is -1.76. The van der Waals surface area contributed by atoms with E-state index in [1.807, 2.05) is 31.3 Å². The van der Waals surface area contributed by atoms with Gasteiger partial charge in [-0.15, -0.1) is 0 Å². The molecule has 1 aromatic heterocycles. The molecule has 6 nitrogen and oxygen atoms in total. The molecule has 0 radical (unpaired) electrons. The number of pyridine rings is 1. The second-order valence-corrected chi connectivity index (χ2v) is 5.84. The van der Waals surface area contributed by atoms with Crippen LogP contribution in [0.3, 0.4) is 0 Å². The first-order valence-electron chi connectivity index (χ1n) is 6.99. The molecule has 0 saturated carbocycles. The van der Waals surface area contributed by atoms with E-state index in [4.69, 9.17) is 19.5 Å². The molecular weight excluding hydrogens is 316 g/mol. The molecule has 0 aliphatic rings. The summed E-state index contributed by atoms with van der Waals surface area (Å²) in [6.45, 7) is 1.94. The lowest BCUT2D eigenvalue weighted by molar-refractivity contribution is -0.191. The predicted molar refractivity (Wildman–Crippen MR) is 88.1 cm³/mol. The van der Waals surface area contributed by atoms with Gasteiger partial charge in [-0.1, -0.05) is 18.2 Å². The van der Waals surface area contributed by atoms with Crippen molar-refractivity contribution in [2.75, 3.05) is 12.9 Å². The fourth-order valence-electron chi connectivity index (χ4n) is 1.94. The van der Waals surface area contributed by atoms with Gasteiger partial charge in [0, 0.05) is 30.2 Å².